The maximum Gasteiger partial charge on any atom is 0.435 e. The van der Waals surface area contributed by atoms with Crippen molar-refractivity contribution in [2.45, 2.75) is 32.0 Å². The minimum Gasteiger partial charge on any atom is -0.269 e. The summed E-state index contributed by atoms with van der Waals surface area (Å²) < 4.78 is 40.8. The molecule has 0 N–H and O–H groups in total. The van der Waals surface area contributed by atoms with Gasteiger partial charge in [0.15, 0.2) is 5.69 Å². The second kappa shape index (κ2) is 6.34. The third-order valence-electron chi connectivity index (χ3n) is 4.66. The molecule has 1 aliphatic carbocycles. The smallest absolute Gasteiger partial charge is 0.269 e. The molecule has 0 aliphatic heterocycles. The number of hydrogen-bond acceptors (Lipinski definition) is 4. The van der Waals surface area contributed by atoms with Gasteiger partial charge in [-0.25, -0.2) is 9.67 Å². The van der Waals surface area contributed by atoms with Gasteiger partial charge in [-0.1, -0.05) is 11.6 Å². The van der Waals surface area contributed by atoms with E-state index in [-0.39, 0.29) is 34.8 Å². The lowest BCUT2D eigenvalue weighted by Crippen LogP contribution is -2.20. The predicted octanol–water partition coefficient (Wildman–Crippen LogP) is 3.55. The Balaban J connectivity index is 1.76. The van der Waals surface area contributed by atoms with Crippen molar-refractivity contribution in [1.82, 2.24) is 19.2 Å². The first-order chi connectivity index (χ1) is 13.2. The molecule has 144 valence electrons. The average molecular weight is 408 g/mol. The van der Waals surface area contributed by atoms with Crippen LogP contribution in [0.4, 0.5) is 13.2 Å². The molecule has 2 atom stereocenters. The van der Waals surface area contributed by atoms with Gasteiger partial charge in [-0.15, -0.1) is 0 Å². The zero-order chi connectivity index (χ0) is 20.2. The lowest BCUT2D eigenvalue weighted by atomic mass is 10.1. The highest BCUT2D eigenvalue weighted by atomic mass is 35.5. The lowest BCUT2D eigenvalue weighted by Gasteiger charge is -2.11. The number of fused-ring (bicyclic) bond motifs is 1. The molecule has 3 heterocycles. The summed E-state index contributed by atoms with van der Waals surface area (Å²) in [5.41, 5.74) is 0.747. The number of halogens is 4. The Morgan fingerprint density at radius 3 is 2.68 bits per heavy atom. The van der Waals surface area contributed by atoms with Gasteiger partial charge in [0, 0.05) is 23.7 Å². The Labute approximate surface area is 161 Å². The summed E-state index contributed by atoms with van der Waals surface area (Å²) in [6.07, 6.45) is -3.93. The number of pyridine rings is 1. The second-order valence-corrected chi connectivity index (χ2v) is 7.21. The number of nitriles is 1. The molecule has 3 aromatic rings. The molecule has 0 saturated heterocycles. The number of alkyl halides is 3. The summed E-state index contributed by atoms with van der Waals surface area (Å²) >= 11 is 5.85. The maximum atomic E-state index is 12.8. The van der Waals surface area contributed by atoms with Crippen LogP contribution in [0.5, 0.6) is 0 Å². The fourth-order valence-corrected chi connectivity index (χ4v) is 3.47. The Morgan fingerprint density at radius 1 is 1.32 bits per heavy atom. The first-order valence-electron chi connectivity index (χ1n) is 8.41. The summed E-state index contributed by atoms with van der Waals surface area (Å²) in [6.45, 7) is 1.68. The molecule has 0 radical (unpaired) electrons. The second-order valence-electron chi connectivity index (χ2n) is 6.82. The molecule has 6 nitrogen and oxygen atoms in total. The van der Waals surface area contributed by atoms with Gasteiger partial charge >= 0.3 is 6.18 Å². The monoisotopic (exact) mass is 407 g/mol. The van der Waals surface area contributed by atoms with Crippen LogP contribution >= 0.6 is 11.6 Å². The quantitative estimate of drug-likeness (QED) is 0.665. The van der Waals surface area contributed by atoms with E-state index in [2.05, 4.69) is 16.2 Å². The highest BCUT2D eigenvalue weighted by Crippen LogP contribution is 2.46. The third kappa shape index (κ3) is 3.24. The molecular weight excluding hydrogens is 395 g/mol. The van der Waals surface area contributed by atoms with Crippen LogP contribution in [-0.2, 0) is 12.7 Å². The normalized spacial score (nSPS) is 19.0. The van der Waals surface area contributed by atoms with E-state index in [1.807, 2.05) is 13.0 Å². The molecule has 0 aromatic carbocycles. The van der Waals surface area contributed by atoms with E-state index in [4.69, 9.17) is 16.9 Å². The van der Waals surface area contributed by atoms with Crippen molar-refractivity contribution >= 4 is 17.2 Å². The Kier molecular flexibility index (Phi) is 4.19. The molecule has 1 aliphatic rings. The van der Waals surface area contributed by atoms with Crippen LogP contribution in [-0.4, -0.2) is 19.2 Å². The van der Waals surface area contributed by atoms with Crippen LogP contribution in [0.15, 0.2) is 29.1 Å². The van der Waals surface area contributed by atoms with Crippen LogP contribution < -0.4 is 5.56 Å². The van der Waals surface area contributed by atoms with E-state index in [1.165, 1.54) is 10.5 Å². The molecule has 3 aromatic heterocycles. The number of nitrogens with zero attached hydrogens (tertiary/aromatic N) is 5. The molecule has 28 heavy (non-hydrogen) atoms. The van der Waals surface area contributed by atoms with Crippen LogP contribution in [0.25, 0.3) is 5.65 Å². The summed E-state index contributed by atoms with van der Waals surface area (Å²) in [5, 5.41) is 12.3. The number of rotatable bonds is 3. The van der Waals surface area contributed by atoms with E-state index >= 15 is 0 Å². The molecule has 10 heteroatoms. The third-order valence-corrected chi connectivity index (χ3v) is 4.96. The molecule has 0 spiro atoms. The van der Waals surface area contributed by atoms with Gasteiger partial charge in [0.2, 0.25) is 0 Å². The van der Waals surface area contributed by atoms with Gasteiger partial charge in [0.25, 0.3) is 5.56 Å². The highest BCUT2D eigenvalue weighted by molar-refractivity contribution is 6.29. The summed E-state index contributed by atoms with van der Waals surface area (Å²) in [6, 6.07) is 7.75. The summed E-state index contributed by atoms with van der Waals surface area (Å²) in [5.74, 6) is -0.145. The highest BCUT2D eigenvalue weighted by Gasteiger charge is 2.40. The maximum absolute atomic E-state index is 12.8. The van der Waals surface area contributed by atoms with Crippen LogP contribution in [0, 0.1) is 24.2 Å². The molecule has 1 saturated carbocycles. The molecule has 0 unspecified atom stereocenters. The zero-order valence-electron chi connectivity index (χ0n) is 14.5. The van der Waals surface area contributed by atoms with Gasteiger partial charge in [-0.3, -0.25) is 9.20 Å². The van der Waals surface area contributed by atoms with Gasteiger partial charge in [-0.05, 0) is 31.0 Å². The van der Waals surface area contributed by atoms with Crippen LogP contribution in [0.3, 0.4) is 0 Å². The summed E-state index contributed by atoms with van der Waals surface area (Å²) in [4.78, 5) is 17.1. The van der Waals surface area contributed by atoms with Crippen LogP contribution in [0.2, 0.25) is 5.15 Å². The summed E-state index contributed by atoms with van der Waals surface area (Å²) in [7, 11) is 0. The minimum absolute atomic E-state index is 0.0207. The van der Waals surface area contributed by atoms with E-state index in [9.17, 15) is 18.0 Å². The van der Waals surface area contributed by atoms with Crippen molar-refractivity contribution in [3.63, 3.8) is 0 Å². The number of hydrogen-bond donors (Lipinski definition) is 0. The van der Waals surface area contributed by atoms with Gasteiger partial charge in [-0.2, -0.15) is 23.5 Å². The van der Waals surface area contributed by atoms with E-state index in [0.717, 1.165) is 22.0 Å². The van der Waals surface area contributed by atoms with Crippen molar-refractivity contribution in [3.05, 3.63) is 62.4 Å². The lowest BCUT2D eigenvalue weighted by molar-refractivity contribution is -0.141. The fraction of sp³-hybridized carbons (Fsp3) is 0.333. The van der Waals surface area contributed by atoms with Crippen molar-refractivity contribution < 1.29 is 13.2 Å². The fourth-order valence-electron chi connectivity index (χ4n) is 3.26. The van der Waals surface area contributed by atoms with Crippen LogP contribution in [0.1, 0.15) is 35.0 Å². The predicted molar refractivity (Wildman–Crippen MR) is 94.0 cm³/mol. The zero-order valence-corrected chi connectivity index (χ0v) is 15.3. The molecule has 4 rings (SSSR count). The standard InChI is InChI=1S/C18H13ClF3N5O/c1-9-2-13(12-4-10(12)7-23)27-16(3-9)24-11(5-17(27)28)8-26-15(19)6-14(25-26)18(20,21)22/h2-3,5-6,10,12H,4,8H2,1H3/t10-,12+/m1/s1. The van der Waals surface area contributed by atoms with Gasteiger partial charge in [0.1, 0.15) is 10.8 Å². The van der Waals surface area contributed by atoms with Crippen molar-refractivity contribution in [2.24, 2.45) is 5.92 Å². The van der Waals surface area contributed by atoms with Crippen molar-refractivity contribution in [3.8, 4) is 6.07 Å². The molecular formula is C18H13ClF3N5O. The SMILES string of the molecule is Cc1cc([C@H]2C[C@@H]2C#N)n2c(=O)cc(Cn3nc(C(F)(F)F)cc3Cl)nc2c1. The topological polar surface area (TPSA) is 76.0 Å². The Hall–Kier alpha value is -2.86. The van der Waals surface area contributed by atoms with Crippen molar-refractivity contribution in [2.75, 3.05) is 0 Å². The molecule has 0 amide bonds. The number of aryl methyl sites for hydroxylation is 1. The number of aromatic nitrogens is 4. The van der Waals surface area contributed by atoms with Gasteiger partial charge in [0.05, 0.1) is 24.2 Å². The van der Waals surface area contributed by atoms with Gasteiger partial charge < -0.3 is 0 Å². The van der Waals surface area contributed by atoms with E-state index in [1.54, 1.807) is 6.07 Å². The minimum atomic E-state index is -4.61. The van der Waals surface area contributed by atoms with Crippen molar-refractivity contribution in [1.29, 1.82) is 5.26 Å². The first-order valence-corrected chi connectivity index (χ1v) is 8.78. The van der Waals surface area contributed by atoms with E-state index in [0.29, 0.717) is 12.1 Å². The Morgan fingerprint density at radius 2 is 2.07 bits per heavy atom. The average Bonchev–Trinajstić information content (AvgIpc) is 3.29. The Bertz CT molecular complexity index is 1190. The molecule has 1 fully saturated rings. The largest absolute Gasteiger partial charge is 0.435 e. The molecule has 0 bridgehead atoms. The first kappa shape index (κ1) is 18.5. The van der Waals surface area contributed by atoms with E-state index < -0.39 is 11.9 Å².